The Morgan fingerprint density at radius 2 is 1.96 bits per heavy atom. The first-order chi connectivity index (χ1) is 12.7. The number of hydrogen-bond acceptors (Lipinski definition) is 5. The quantitative estimate of drug-likeness (QED) is 0.597. The number of hydrogen-bond donors (Lipinski definition) is 1. The molecule has 128 valence electrons. The predicted octanol–water partition coefficient (Wildman–Crippen LogP) is 3.95. The summed E-state index contributed by atoms with van der Waals surface area (Å²) in [6.45, 7) is 1.95. The number of nitrogens with one attached hydrogen (secondary N) is 1. The Bertz CT molecular complexity index is 1040. The average Bonchev–Trinajstić information content (AvgIpc) is 3.34. The van der Waals surface area contributed by atoms with Crippen molar-refractivity contribution in [2.45, 2.75) is 6.92 Å². The Balaban J connectivity index is 1.52. The van der Waals surface area contributed by atoms with E-state index >= 15 is 0 Å². The van der Waals surface area contributed by atoms with Crippen LogP contribution in [0.25, 0.3) is 16.3 Å². The third-order valence-corrected chi connectivity index (χ3v) is 4.63. The van der Waals surface area contributed by atoms with Crippen LogP contribution in [0.3, 0.4) is 0 Å². The molecule has 0 atom stereocenters. The van der Waals surface area contributed by atoms with Gasteiger partial charge >= 0.3 is 0 Å². The largest absolute Gasteiger partial charge is 0.305 e. The van der Waals surface area contributed by atoms with E-state index in [4.69, 9.17) is 0 Å². The SMILES string of the molecule is Cc1ccc(NC(=O)c2csc(-c3cnn(-c4ccccc4)c3)n2)nc1. The number of pyridine rings is 1. The molecule has 0 saturated carbocycles. The molecular formula is C19H15N5OS. The third kappa shape index (κ3) is 3.38. The van der Waals surface area contributed by atoms with Crippen LogP contribution in [0.1, 0.15) is 16.1 Å². The normalized spacial score (nSPS) is 10.7. The molecule has 0 aliphatic heterocycles. The topological polar surface area (TPSA) is 72.7 Å². The molecule has 1 N–H and O–H groups in total. The van der Waals surface area contributed by atoms with Crippen molar-refractivity contribution >= 4 is 23.1 Å². The van der Waals surface area contributed by atoms with Crippen LogP contribution in [-0.4, -0.2) is 25.7 Å². The zero-order valence-corrected chi connectivity index (χ0v) is 14.8. The van der Waals surface area contributed by atoms with E-state index in [1.807, 2.05) is 49.5 Å². The maximum absolute atomic E-state index is 12.3. The second kappa shape index (κ2) is 6.89. The maximum atomic E-state index is 12.3. The molecule has 4 aromatic rings. The smallest absolute Gasteiger partial charge is 0.276 e. The van der Waals surface area contributed by atoms with Crippen molar-refractivity contribution in [1.82, 2.24) is 19.7 Å². The summed E-state index contributed by atoms with van der Waals surface area (Å²) in [4.78, 5) is 20.9. The van der Waals surface area contributed by atoms with Crippen molar-refractivity contribution in [1.29, 1.82) is 0 Å². The fourth-order valence-electron chi connectivity index (χ4n) is 2.39. The van der Waals surface area contributed by atoms with E-state index in [2.05, 4.69) is 20.4 Å². The van der Waals surface area contributed by atoms with Crippen molar-refractivity contribution in [2.75, 3.05) is 5.32 Å². The lowest BCUT2D eigenvalue weighted by molar-refractivity contribution is 0.102. The molecule has 26 heavy (non-hydrogen) atoms. The van der Waals surface area contributed by atoms with E-state index in [0.717, 1.165) is 21.8 Å². The first kappa shape index (κ1) is 16.2. The maximum Gasteiger partial charge on any atom is 0.276 e. The average molecular weight is 361 g/mol. The number of thiazole rings is 1. The van der Waals surface area contributed by atoms with Gasteiger partial charge in [0.15, 0.2) is 0 Å². The van der Waals surface area contributed by atoms with E-state index in [0.29, 0.717) is 11.5 Å². The molecule has 0 aliphatic rings. The van der Waals surface area contributed by atoms with Crippen molar-refractivity contribution in [3.05, 3.63) is 77.7 Å². The first-order valence-electron chi connectivity index (χ1n) is 7.99. The van der Waals surface area contributed by atoms with Gasteiger partial charge in [0, 0.05) is 23.3 Å². The lowest BCUT2D eigenvalue weighted by Crippen LogP contribution is -2.13. The highest BCUT2D eigenvalue weighted by Gasteiger charge is 2.14. The van der Waals surface area contributed by atoms with Gasteiger partial charge < -0.3 is 5.32 Å². The zero-order chi connectivity index (χ0) is 17.9. The lowest BCUT2D eigenvalue weighted by Gasteiger charge is -2.02. The number of amides is 1. The van der Waals surface area contributed by atoms with E-state index in [1.54, 1.807) is 28.5 Å². The molecule has 0 saturated heterocycles. The van der Waals surface area contributed by atoms with E-state index < -0.39 is 0 Å². The van der Waals surface area contributed by atoms with E-state index in [-0.39, 0.29) is 5.91 Å². The molecule has 1 aromatic carbocycles. The summed E-state index contributed by atoms with van der Waals surface area (Å²) in [6, 6.07) is 13.5. The van der Waals surface area contributed by atoms with E-state index in [9.17, 15) is 4.79 Å². The Morgan fingerprint density at radius 1 is 1.12 bits per heavy atom. The summed E-state index contributed by atoms with van der Waals surface area (Å²) in [5.41, 5.74) is 3.24. The number of rotatable bonds is 4. The van der Waals surface area contributed by atoms with Crippen molar-refractivity contribution < 1.29 is 4.79 Å². The molecule has 7 heteroatoms. The van der Waals surface area contributed by atoms with Gasteiger partial charge in [-0.05, 0) is 30.7 Å². The standard InChI is InChI=1S/C19H15N5OS/c1-13-7-8-17(20-9-13)23-18(25)16-12-26-19(22-16)14-10-21-24(11-14)15-5-3-2-4-6-15/h2-12H,1H3,(H,20,23,25). The van der Waals surface area contributed by atoms with Crippen LogP contribution in [0.5, 0.6) is 0 Å². The van der Waals surface area contributed by atoms with Gasteiger partial charge in [0.25, 0.3) is 5.91 Å². The minimum Gasteiger partial charge on any atom is -0.305 e. The molecule has 0 fully saturated rings. The Kier molecular flexibility index (Phi) is 4.28. The van der Waals surface area contributed by atoms with Crippen molar-refractivity contribution in [2.24, 2.45) is 0 Å². The van der Waals surface area contributed by atoms with Crippen molar-refractivity contribution in [3.8, 4) is 16.3 Å². The molecule has 1 amide bonds. The van der Waals surface area contributed by atoms with Crippen LogP contribution in [-0.2, 0) is 0 Å². The minimum absolute atomic E-state index is 0.278. The number of para-hydroxylation sites is 1. The fourth-order valence-corrected chi connectivity index (χ4v) is 3.16. The number of carbonyl (C=O) groups excluding carboxylic acids is 1. The third-order valence-electron chi connectivity index (χ3n) is 3.74. The summed E-state index contributed by atoms with van der Waals surface area (Å²) in [6.07, 6.45) is 5.35. The number of carbonyl (C=O) groups is 1. The highest BCUT2D eigenvalue weighted by molar-refractivity contribution is 7.13. The van der Waals surface area contributed by atoms with Crippen LogP contribution < -0.4 is 5.32 Å². The number of aryl methyl sites for hydroxylation is 1. The second-order valence-corrected chi connectivity index (χ2v) is 6.58. The molecule has 0 aliphatic carbocycles. The number of nitrogens with zero attached hydrogens (tertiary/aromatic N) is 4. The summed E-state index contributed by atoms with van der Waals surface area (Å²) in [5, 5.41) is 9.60. The van der Waals surface area contributed by atoms with Gasteiger partial charge in [-0.25, -0.2) is 14.6 Å². The molecule has 0 radical (unpaired) electrons. The summed E-state index contributed by atoms with van der Waals surface area (Å²) in [7, 11) is 0. The Labute approximate surface area is 154 Å². The summed E-state index contributed by atoms with van der Waals surface area (Å²) < 4.78 is 1.78. The van der Waals surface area contributed by atoms with Gasteiger partial charge in [-0.15, -0.1) is 11.3 Å². The van der Waals surface area contributed by atoms with Gasteiger partial charge in [0.1, 0.15) is 16.5 Å². The van der Waals surface area contributed by atoms with Gasteiger partial charge in [-0.1, -0.05) is 24.3 Å². The van der Waals surface area contributed by atoms with Crippen LogP contribution in [0.4, 0.5) is 5.82 Å². The summed E-state index contributed by atoms with van der Waals surface area (Å²) in [5.74, 6) is 0.228. The molecule has 4 rings (SSSR count). The monoisotopic (exact) mass is 361 g/mol. The van der Waals surface area contributed by atoms with Crippen LogP contribution >= 0.6 is 11.3 Å². The lowest BCUT2D eigenvalue weighted by atomic mass is 10.3. The van der Waals surface area contributed by atoms with Gasteiger partial charge in [-0.3, -0.25) is 4.79 Å². The van der Waals surface area contributed by atoms with E-state index in [1.165, 1.54) is 11.3 Å². The predicted molar refractivity (Wildman–Crippen MR) is 102 cm³/mol. The molecule has 6 nitrogen and oxygen atoms in total. The zero-order valence-electron chi connectivity index (χ0n) is 14.0. The van der Waals surface area contributed by atoms with Gasteiger partial charge in [0.05, 0.1) is 11.9 Å². The van der Waals surface area contributed by atoms with Crippen LogP contribution in [0.2, 0.25) is 0 Å². The molecular weight excluding hydrogens is 346 g/mol. The molecule has 0 unspecified atom stereocenters. The van der Waals surface area contributed by atoms with Crippen molar-refractivity contribution in [3.63, 3.8) is 0 Å². The highest BCUT2D eigenvalue weighted by Crippen LogP contribution is 2.24. The molecule has 3 heterocycles. The molecule has 0 spiro atoms. The Morgan fingerprint density at radius 3 is 2.73 bits per heavy atom. The fraction of sp³-hybridized carbons (Fsp3) is 0.0526. The van der Waals surface area contributed by atoms with Gasteiger partial charge in [0.2, 0.25) is 0 Å². The van der Waals surface area contributed by atoms with Crippen LogP contribution in [0, 0.1) is 6.92 Å². The number of aromatic nitrogens is 4. The molecule has 0 bridgehead atoms. The minimum atomic E-state index is -0.278. The number of benzene rings is 1. The second-order valence-electron chi connectivity index (χ2n) is 5.72. The Hall–Kier alpha value is -3.32. The summed E-state index contributed by atoms with van der Waals surface area (Å²) >= 11 is 1.41. The number of anilines is 1. The van der Waals surface area contributed by atoms with Crippen LogP contribution in [0.15, 0.2) is 66.4 Å². The highest BCUT2D eigenvalue weighted by atomic mass is 32.1. The molecule has 3 aromatic heterocycles. The van der Waals surface area contributed by atoms with Gasteiger partial charge in [-0.2, -0.15) is 5.10 Å². The first-order valence-corrected chi connectivity index (χ1v) is 8.87.